The Balaban J connectivity index is 1.64. The molecule has 0 bridgehead atoms. The van der Waals surface area contributed by atoms with Crippen molar-refractivity contribution >= 4 is 28.8 Å². The van der Waals surface area contributed by atoms with Crippen LogP contribution < -0.4 is 15.5 Å². The largest absolute Gasteiger partial charge is 0.493 e. The van der Waals surface area contributed by atoms with Crippen molar-refractivity contribution in [2.45, 2.75) is 6.92 Å². The molecule has 3 rings (SSSR count). The molecule has 0 atom stereocenters. The van der Waals surface area contributed by atoms with E-state index in [1.54, 1.807) is 18.3 Å². The van der Waals surface area contributed by atoms with Gasteiger partial charge in [0.2, 0.25) is 0 Å². The molecule has 0 saturated heterocycles. The van der Waals surface area contributed by atoms with Crippen LogP contribution in [0.5, 0.6) is 5.75 Å². The van der Waals surface area contributed by atoms with Gasteiger partial charge in [0, 0.05) is 23.5 Å². The predicted molar refractivity (Wildman–Crippen MR) is 107 cm³/mol. The smallest absolute Gasteiger partial charge is 0.259 e. The van der Waals surface area contributed by atoms with E-state index in [4.69, 9.17) is 4.74 Å². The van der Waals surface area contributed by atoms with Crippen LogP contribution in [0, 0.1) is 0 Å². The van der Waals surface area contributed by atoms with E-state index in [0.717, 1.165) is 16.3 Å². The van der Waals surface area contributed by atoms with E-state index in [2.05, 4.69) is 20.8 Å². The molecule has 1 heterocycles. The maximum atomic E-state index is 12.0. The zero-order valence-corrected chi connectivity index (χ0v) is 15.4. The Morgan fingerprint density at radius 2 is 1.89 bits per heavy atom. The van der Waals surface area contributed by atoms with Crippen LogP contribution in [0.15, 0.2) is 66.0 Å². The predicted octanol–water partition coefficient (Wildman–Crippen LogP) is 2.51. The summed E-state index contributed by atoms with van der Waals surface area (Å²) in [5.74, 6) is -0.101. The first-order valence-corrected chi connectivity index (χ1v) is 8.83. The van der Waals surface area contributed by atoms with Gasteiger partial charge >= 0.3 is 0 Å². The fourth-order valence-corrected chi connectivity index (χ4v) is 2.66. The maximum absolute atomic E-state index is 12.0. The molecule has 142 valence electrons. The van der Waals surface area contributed by atoms with E-state index in [0.29, 0.717) is 17.9 Å². The maximum Gasteiger partial charge on any atom is 0.259 e. The van der Waals surface area contributed by atoms with Crippen molar-refractivity contribution in [1.82, 2.24) is 15.7 Å². The van der Waals surface area contributed by atoms with E-state index in [1.165, 1.54) is 12.4 Å². The number of carbonyl (C=O) groups is 2. The van der Waals surface area contributed by atoms with Gasteiger partial charge in [0.1, 0.15) is 5.75 Å². The molecule has 0 aliphatic carbocycles. The van der Waals surface area contributed by atoms with Crippen molar-refractivity contribution in [3.8, 4) is 5.75 Å². The van der Waals surface area contributed by atoms with Crippen molar-refractivity contribution in [2.24, 2.45) is 5.10 Å². The number of hydrogen-bond acceptors (Lipinski definition) is 5. The third-order valence-corrected chi connectivity index (χ3v) is 3.97. The SMILES string of the molecule is CCOc1ccc2ccccc2c1/C=N\NC(=O)CNC(=O)c1ccncc1. The lowest BCUT2D eigenvalue weighted by Crippen LogP contribution is -2.34. The summed E-state index contributed by atoms with van der Waals surface area (Å²) in [6.07, 6.45) is 4.58. The topological polar surface area (TPSA) is 92.7 Å². The summed E-state index contributed by atoms with van der Waals surface area (Å²) in [5.41, 5.74) is 3.63. The Morgan fingerprint density at radius 1 is 1.11 bits per heavy atom. The molecule has 0 fully saturated rings. The average Bonchev–Trinajstić information content (AvgIpc) is 2.74. The van der Waals surface area contributed by atoms with Crippen molar-refractivity contribution in [3.63, 3.8) is 0 Å². The van der Waals surface area contributed by atoms with Gasteiger partial charge in [-0.2, -0.15) is 5.10 Å². The fourth-order valence-electron chi connectivity index (χ4n) is 2.66. The quantitative estimate of drug-likeness (QED) is 0.489. The molecular weight excluding hydrogens is 356 g/mol. The Hall–Kier alpha value is -3.74. The normalized spacial score (nSPS) is 10.8. The van der Waals surface area contributed by atoms with Crippen molar-refractivity contribution in [1.29, 1.82) is 0 Å². The zero-order valence-electron chi connectivity index (χ0n) is 15.4. The lowest BCUT2D eigenvalue weighted by Gasteiger charge is -2.10. The first-order valence-electron chi connectivity index (χ1n) is 8.83. The van der Waals surface area contributed by atoms with Crippen LogP contribution in [-0.4, -0.2) is 36.2 Å². The Bertz CT molecular complexity index is 1000. The molecule has 2 aromatic carbocycles. The molecule has 2 amide bonds. The zero-order chi connectivity index (χ0) is 19.8. The number of nitrogens with zero attached hydrogens (tertiary/aromatic N) is 2. The minimum atomic E-state index is -0.433. The molecule has 7 nitrogen and oxygen atoms in total. The summed E-state index contributed by atoms with van der Waals surface area (Å²) in [4.78, 5) is 27.7. The van der Waals surface area contributed by atoms with Crippen molar-refractivity contribution in [2.75, 3.05) is 13.2 Å². The molecule has 0 spiro atoms. The molecule has 7 heteroatoms. The summed E-state index contributed by atoms with van der Waals surface area (Å²) < 4.78 is 5.66. The number of amides is 2. The van der Waals surface area contributed by atoms with Crippen molar-refractivity contribution < 1.29 is 14.3 Å². The van der Waals surface area contributed by atoms with Gasteiger partial charge in [-0.3, -0.25) is 14.6 Å². The average molecular weight is 376 g/mol. The van der Waals surface area contributed by atoms with Crippen molar-refractivity contribution in [3.05, 3.63) is 72.1 Å². The summed E-state index contributed by atoms with van der Waals surface area (Å²) in [6, 6.07) is 14.8. The third kappa shape index (κ3) is 4.70. The number of ether oxygens (including phenoxy) is 1. The summed E-state index contributed by atoms with van der Waals surface area (Å²) >= 11 is 0. The molecule has 0 radical (unpaired) electrons. The molecule has 1 aromatic heterocycles. The number of pyridine rings is 1. The Labute approximate surface area is 162 Å². The number of benzene rings is 2. The van der Waals surface area contributed by atoms with Crippen LogP contribution in [0.3, 0.4) is 0 Å². The van der Waals surface area contributed by atoms with Crippen LogP contribution in [0.1, 0.15) is 22.8 Å². The highest BCUT2D eigenvalue weighted by molar-refractivity contribution is 6.03. The van der Waals surface area contributed by atoms with Gasteiger partial charge in [-0.1, -0.05) is 30.3 Å². The van der Waals surface area contributed by atoms with Gasteiger partial charge < -0.3 is 10.1 Å². The summed E-state index contributed by atoms with van der Waals surface area (Å²) in [7, 11) is 0. The number of hydrazone groups is 1. The van der Waals surface area contributed by atoms with Gasteiger partial charge in [0.25, 0.3) is 11.8 Å². The molecule has 28 heavy (non-hydrogen) atoms. The molecule has 0 unspecified atom stereocenters. The lowest BCUT2D eigenvalue weighted by molar-refractivity contribution is -0.120. The second kappa shape index (κ2) is 9.27. The van der Waals surface area contributed by atoms with Crippen LogP contribution in [-0.2, 0) is 4.79 Å². The number of nitrogens with one attached hydrogen (secondary N) is 2. The molecule has 0 saturated carbocycles. The first kappa shape index (κ1) is 19.0. The van der Waals surface area contributed by atoms with Gasteiger partial charge in [-0.05, 0) is 35.9 Å². The van der Waals surface area contributed by atoms with E-state index in [-0.39, 0.29) is 12.5 Å². The highest BCUT2D eigenvalue weighted by Gasteiger charge is 2.08. The monoisotopic (exact) mass is 376 g/mol. The molecule has 0 aliphatic rings. The van der Waals surface area contributed by atoms with Gasteiger partial charge in [-0.25, -0.2) is 5.43 Å². The highest BCUT2D eigenvalue weighted by atomic mass is 16.5. The first-order chi connectivity index (χ1) is 13.7. The van der Waals surface area contributed by atoms with Crippen LogP contribution in [0.2, 0.25) is 0 Å². The van der Waals surface area contributed by atoms with Gasteiger partial charge in [-0.15, -0.1) is 0 Å². The van der Waals surface area contributed by atoms with Crippen LogP contribution in [0.4, 0.5) is 0 Å². The Kier molecular flexibility index (Phi) is 6.30. The van der Waals surface area contributed by atoms with E-state index >= 15 is 0 Å². The second-order valence-corrected chi connectivity index (χ2v) is 5.84. The number of aromatic nitrogens is 1. The second-order valence-electron chi connectivity index (χ2n) is 5.84. The fraction of sp³-hybridized carbons (Fsp3) is 0.143. The number of hydrogen-bond donors (Lipinski definition) is 2. The molecular formula is C21H20N4O3. The molecule has 2 N–H and O–H groups in total. The van der Waals surface area contributed by atoms with Crippen LogP contribution in [0.25, 0.3) is 10.8 Å². The van der Waals surface area contributed by atoms with Crippen LogP contribution >= 0.6 is 0 Å². The number of carbonyl (C=O) groups excluding carboxylic acids is 2. The van der Waals surface area contributed by atoms with E-state index in [9.17, 15) is 9.59 Å². The molecule has 0 aliphatic heterocycles. The minimum absolute atomic E-state index is 0.188. The molecule has 3 aromatic rings. The highest BCUT2D eigenvalue weighted by Crippen LogP contribution is 2.26. The summed E-state index contributed by atoms with van der Waals surface area (Å²) in [5, 5.41) is 8.57. The van der Waals surface area contributed by atoms with Gasteiger partial charge in [0.05, 0.1) is 19.4 Å². The van der Waals surface area contributed by atoms with E-state index < -0.39 is 5.91 Å². The van der Waals surface area contributed by atoms with E-state index in [1.807, 2.05) is 43.3 Å². The summed E-state index contributed by atoms with van der Waals surface area (Å²) in [6.45, 7) is 2.24. The standard InChI is InChI=1S/C21H20N4O3/c1-2-28-19-8-7-15-5-3-4-6-17(15)18(19)13-24-25-20(26)14-23-21(27)16-9-11-22-12-10-16/h3-13H,2,14H2,1H3,(H,23,27)(H,25,26)/b24-13-. The lowest BCUT2D eigenvalue weighted by atomic mass is 10.0. The number of rotatable bonds is 7. The third-order valence-electron chi connectivity index (χ3n) is 3.97. The minimum Gasteiger partial charge on any atom is -0.493 e. The Morgan fingerprint density at radius 3 is 2.68 bits per heavy atom. The van der Waals surface area contributed by atoms with Gasteiger partial charge in [0.15, 0.2) is 0 Å². The number of fused-ring (bicyclic) bond motifs is 1.